The third-order valence-electron chi connectivity index (χ3n) is 3.38. The van der Waals surface area contributed by atoms with Crippen molar-refractivity contribution in [2.24, 2.45) is 11.8 Å². The van der Waals surface area contributed by atoms with Gasteiger partial charge in [-0.05, 0) is 43.9 Å². The van der Waals surface area contributed by atoms with Crippen LogP contribution in [0.1, 0.15) is 57.8 Å². The van der Waals surface area contributed by atoms with E-state index < -0.39 is 0 Å². The summed E-state index contributed by atoms with van der Waals surface area (Å²) in [5.74, 6) is 3.12. The Morgan fingerprint density at radius 1 is 1.33 bits per heavy atom. The van der Waals surface area contributed by atoms with Gasteiger partial charge in [0.15, 0.2) is 0 Å². The van der Waals surface area contributed by atoms with Crippen molar-refractivity contribution >= 4 is 0 Å². The number of nitrogens with zero attached hydrogens (tertiary/aromatic N) is 2. The molecule has 1 aliphatic carbocycles. The minimum atomic E-state index is 0.524. The van der Waals surface area contributed by atoms with Gasteiger partial charge in [0.2, 0.25) is 12.3 Å². The Morgan fingerprint density at radius 2 is 2.07 bits per heavy atom. The summed E-state index contributed by atoms with van der Waals surface area (Å²) in [5.41, 5.74) is 0. The Labute approximate surface area is 91.3 Å². The highest BCUT2D eigenvalue weighted by atomic mass is 16.4. The summed E-state index contributed by atoms with van der Waals surface area (Å²) in [6, 6.07) is 0. The first-order valence-corrected chi connectivity index (χ1v) is 6.01. The van der Waals surface area contributed by atoms with Crippen molar-refractivity contribution in [1.82, 2.24) is 10.2 Å². The summed E-state index contributed by atoms with van der Waals surface area (Å²) in [6.45, 7) is 4.62. The van der Waals surface area contributed by atoms with Crippen LogP contribution in [-0.2, 0) is 0 Å². The van der Waals surface area contributed by atoms with Gasteiger partial charge in [-0.15, -0.1) is 10.2 Å². The lowest BCUT2D eigenvalue weighted by Gasteiger charge is -2.27. The van der Waals surface area contributed by atoms with Crippen LogP contribution in [0.4, 0.5) is 0 Å². The van der Waals surface area contributed by atoms with Crippen molar-refractivity contribution in [3.05, 3.63) is 12.3 Å². The summed E-state index contributed by atoms with van der Waals surface area (Å²) >= 11 is 0. The van der Waals surface area contributed by atoms with Gasteiger partial charge in [0.25, 0.3) is 0 Å². The predicted molar refractivity (Wildman–Crippen MR) is 58.5 cm³/mol. The summed E-state index contributed by atoms with van der Waals surface area (Å²) in [5, 5.41) is 7.76. The Bertz CT molecular complexity index is 274. The Balaban J connectivity index is 1.82. The molecule has 1 aromatic rings. The molecule has 3 nitrogen and oxygen atoms in total. The molecule has 84 valence electrons. The molecule has 0 aromatic carbocycles. The van der Waals surface area contributed by atoms with Crippen molar-refractivity contribution in [3.63, 3.8) is 0 Å². The lowest BCUT2D eigenvalue weighted by Crippen LogP contribution is -2.15. The largest absolute Gasteiger partial charge is 0.428 e. The Kier molecular flexibility index (Phi) is 3.39. The minimum Gasteiger partial charge on any atom is -0.428 e. The quantitative estimate of drug-likeness (QED) is 0.764. The van der Waals surface area contributed by atoms with E-state index in [0.29, 0.717) is 5.92 Å². The van der Waals surface area contributed by atoms with Gasteiger partial charge in [-0.25, -0.2) is 0 Å². The fourth-order valence-electron chi connectivity index (χ4n) is 2.67. The van der Waals surface area contributed by atoms with Gasteiger partial charge in [-0.3, -0.25) is 0 Å². The zero-order chi connectivity index (χ0) is 10.7. The van der Waals surface area contributed by atoms with Crippen molar-refractivity contribution in [1.29, 1.82) is 0 Å². The number of rotatable bonds is 3. The van der Waals surface area contributed by atoms with Crippen LogP contribution in [0.3, 0.4) is 0 Å². The van der Waals surface area contributed by atoms with Gasteiger partial charge in [-0.2, -0.15) is 0 Å². The zero-order valence-electron chi connectivity index (χ0n) is 9.65. The lowest BCUT2D eigenvalue weighted by atomic mass is 9.78. The van der Waals surface area contributed by atoms with Crippen LogP contribution >= 0.6 is 0 Å². The molecule has 1 aromatic heterocycles. The third-order valence-corrected chi connectivity index (χ3v) is 3.38. The van der Waals surface area contributed by atoms with Gasteiger partial charge in [-0.1, -0.05) is 13.8 Å². The maximum atomic E-state index is 5.27. The summed E-state index contributed by atoms with van der Waals surface area (Å²) in [6.07, 6.45) is 7.90. The molecule has 0 radical (unpaired) electrons. The van der Waals surface area contributed by atoms with E-state index in [1.54, 1.807) is 0 Å². The van der Waals surface area contributed by atoms with E-state index in [4.69, 9.17) is 4.42 Å². The van der Waals surface area contributed by atoms with Crippen LogP contribution in [0.5, 0.6) is 0 Å². The van der Waals surface area contributed by atoms with E-state index in [9.17, 15) is 0 Å². The number of hydrogen-bond donors (Lipinski definition) is 0. The van der Waals surface area contributed by atoms with Crippen LogP contribution in [0.25, 0.3) is 0 Å². The van der Waals surface area contributed by atoms with Gasteiger partial charge in [0.1, 0.15) is 0 Å². The van der Waals surface area contributed by atoms with Crippen LogP contribution in [-0.4, -0.2) is 10.2 Å². The maximum absolute atomic E-state index is 5.27. The normalized spacial score (nSPS) is 27.1. The first-order chi connectivity index (χ1) is 7.25. The molecule has 0 N–H and O–H groups in total. The first kappa shape index (κ1) is 10.7. The molecule has 1 fully saturated rings. The Hall–Kier alpha value is -0.860. The van der Waals surface area contributed by atoms with Crippen molar-refractivity contribution in [2.75, 3.05) is 0 Å². The third kappa shape index (κ3) is 2.80. The van der Waals surface area contributed by atoms with Crippen LogP contribution in [0.2, 0.25) is 0 Å². The molecule has 2 rings (SSSR count). The van der Waals surface area contributed by atoms with Crippen LogP contribution in [0.15, 0.2) is 10.8 Å². The lowest BCUT2D eigenvalue weighted by molar-refractivity contribution is 0.261. The zero-order valence-corrected chi connectivity index (χ0v) is 9.65. The molecule has 0 unspecified atom stereocenters. The van der Waals surface area contributed by atoms with E-state index in [2.05, 4.69) is 24.0 Å². The fourth-order valence-corrected chi connectivity index (χ4v) is 2.67. The molecule has 15 heavy (non-hydrogen) atoms. The second-order valence-electron chi connectivity index (χ2n) is 5.12. The standard InChI is InChI=1S/C12H20N2O/c1-9(2)7-10-3-5-11(6-4-10)12-14-13-8-15-12/h8-11H,3-7H2,1-2H3/t10-,11-. The molecule has 0 bridgehead atoms. The van der Waals surface area contributed by atoms with Crippen LogP contribution in [0, 0.1) is 11.8 Å². The van der Waals surface area contributed by atoms with E-state index in [0.717, 1.165) is 17.7 Å². The summed E-state index contributed by atoms with van der Waals surface area (Å²) < 4.78 is 5.27. The average molecular weight is 208 g/mol. The minimum absolute atomic E-state index is 0.524. The van der Waals surface area contributed by atoms with Gasteiger partial charge < -0.3 is 4.42 Å². The second kappa shape index (κ2) is 4.77. The van der Waals surface area contributed by atoms with E-state index in [-0.39, 0.29) is 0 Å². The SMILES string of the molecule is CC(C)C[C@H]1CC[C@H](c2nnco2)CC1. The average Bonchev–Trinajstić information content (AvgIpc) is 2.71. The highest BCUT2D eigenvalue weighted by molar-refractivity contribution is 4.91. The second-order valence-corrected chi connectivity index (χ2v) is 5.12. The molecular formula is C12H20N2O. The predicted octanol–water partition coefficient (Wildman–Crippen LogP) is 3.39. The number of hydrogen-bond acceptors (Lipinski definition) is 3. The van der Waals surface area contributed by atoms with Gasteiger partial charge >= 0.3 is 0 Å². The highest BCUT2D eigenvalue weighted by Gasteiger charge is 2.25. The molecule has 0 amide bonds. The molecular weight excluding hydrogens is 188 g/mol. The summed E-state index contributed by atoms with van der Waals surface area (Å²) in [4.78, 5) is 0. The van der Waals surface area contributed by atoms with E-state index >= 15 is 0 Å². The smallest absolute Gasteiger partial charge is 0.219 e. The molecule has 0 spiro atoms. The monoisotopic (exact) mass is 208 g/mol. The molecule has 1 saturated carbocycles. The van der Waals surface area contributed by atoms with Crippen molar-refractivity contribution in [2.45, 2.75) is 51.9 Å². The molecule has 3 heteroatoms. The molecule has 0 saturated heterocycles. The highest BCUT2D eigenvalue weighted by Crippen LogP contribution is 2.37. The Morgan fingerprint density at radius 3 is 2.60 bits per heavy atom. The number of aromatic nitrogens is 2. The molecule has 1 aliphatic rings. The first-order valence-electron chi connectivity index (χ1n) is 6.01. The molecule has 0 atom stereocenters. The molecule has 1 heterocycles. The van der Waals surface area contributed by atoms with Gasteiger partial charge in [0, 0.05) is 5.92 Å². The van der Waals surface area contributed by atoms with Crippen molar-refractivity contribution < 1.29 is 4.42 Å². The topological polar surface area (TPSA) is 38.9 Å². The van der Waals surface area contributed by atoms with E-state index in [1.165, 1.54) is 38.5 Å². The maximum Gasteiger partial charge on any atom is 0.219 e. The van der Waals surface area contributed by atoms with Crippen LogP contribution < -0.4 is 0 Å². The fraction of sp³-hybridized carbons (Fsp3) is 0.833. The summed E-state index contributed by atoms with van der Waals surface area (Å²) in [7, 11) is 0. The van der Waals surface area contributed by atoms with Crippen molar-refractivity contribution in [3.8, 4) is 0 Å². The van der Waals surface area contributed by atoms with Gasteiger partial charge in [0.05, 0.1) is 0 Å². The molecule has 0 aliphatic heterocycles. The van der Waals surface area contributed by atoms with E-state index in [1.807, 2.05) is 0 Å².